The van der Waals surface area contributed by atoms with E-state index in [1.165, 1.54) is 0 Å². The van der Waals surface area contributed by atoms with Crippen molar-refractivity contribution in [3.8, 4) is 0 Å². The molecule has 0 fully saturated rings. The van der Waals surface area contributed by atoms with E-state index in [4.69, 9.17) is 11.5 Å². The fourth-order valence-corrected chi connectivity index (χ4v) is 0.511. The van der Waals surface area contributed by atoms with E-state index in [-0.39, 0.29) is 14.9 Å². The topological polar surface area (TPSA) is 52.0 Å². The molecular weight excluding hydrogens is 124 g/mol. The highest BCUT2D eigenvalue weighted by atomic mass is 14.7. The van der Waals surface area contributed by atoms with Crippen LogP contribution in [0.3, 0.4) is 0 Å². The molecule has 1 aromatic rings. The number of anilines is 2. The number of hydrogen-bond donors (Lipinski definition) is 2. The summed E-state index contributed by atoms with van der Waals surface area (Å²) in [5.41, 5.74) is 12.1. The van der Waals surface area contributed by atoms with Gasteiger partial charge in [-0.2, -0.15) is 0 Å². The molecule has 4 N–H and O–H groups in total. The molecule has 0 aromatic heterocycles. The van der Waals surface area contributed by atoms with Crippen LogP contribution in [-0.2, 0) is 0 Å². The van der Waals surface area contributed by atoms with Crippen LogP contribution in [-0.4, -0.2) is 0 Å². The van der Waals surface area contributed by atoms with Gasteiger partial charge < -0.3 is 11.5 Å². The lowest BCUT2D eigenvalue weighted by Crippen LogP contribution is -1.91. The van der Waals surface area contributed by atoms with Gasteiger partial charge >= 0.3 is 0 Å². The number of para-hydroxylation sites is 2. The van der Waals surface area contributed by atoms with Gasteiger partial charge in [-0.25, -0.2) is 0 Å². The lowest BCUT2D eigenvalue weighted by Gasteiger charge is -1.94. The highest BCUT2D eigenvalue weighted by Crippen LogP contribution is 2.10. The van der Waals surface area contributed by atoms with Crippen LogP contribution in [0.5, 0.6) is 0 Å². The second-order valence-corrected chi connectivity index (χ2v) is 1.63. The molecule has 0 aliphatic carbocycles. The van der Waals surface area contributed by atoms with Crippen molar-refractivity contribution < 1.29 is 0 Å². The third-order valence-electron chi connectivity index (χ3n) is 0.996. The van der Waals surface area contributed by atoms with E-state index in [9.17, 15) is 0 Å². The molecule has 0 saturated carbocycles. The second-order valence-electron chi connectivity index (χ2n) is 1.63. The summed E-state index contributed by atoms with van der Waals surface area (Å²) < 4.78 is 0. The van der Waals surface area contributed by atoms with Crippen molar-refractivity contribution in [3.63, 3.8) is 0 Å². The molecule has 0 unspecified atom stereocenters. The van der Waals surface area contributed by atoms with E-state index in [1.807, 2.05) is 12.1 Å². The molecule has 0 saturated heterocycles. The molecule has 2 nitrogen and oxygen atoms in total. The van der Waals surface area contributed by atoms with Crippen LogP contribution in [0.4, 0.5) is 11.4 Å². The van der Waals surface area contributed by atoms with Gasteiger partial charge in [-0.05, 0) is 12.1 Å². The SMILES string of the molecule is C.C.Nc1ccccc1N. The first-order valence-corrected chi connectivity index (χ1v) is 2.40. The molecule has 1 rings (SSSR count). The first-order chi connectivity index (χ1) is 3.80. The van der Waals surface area contributed by atoms with Gasteiger partial charge in [0.2, 0.25) is 0 Å². The maximum absolute atomic E-state index is 5.39. The van der Waals surface area contributed by atoms with Gasteiger partial charge in [-0.1, -0.05) is 27.0 Å². The average molecular weight is 140 g/mol. The molecule has 10 heavy (non-hydrogen) atoms. The lowest BCUT2D eigenvalue weighted by molar-refractivity contribution is 1.67. The minimum absolute atomic E-state index is 0. The van der Waals surface area contributed by atoms with E-state index < -0.39 is 0 Å². The Labute approximate surface area is 62.9 Å². The quantitative estimate of drug-likeness (QED) is 0.542. The zero-order valence-electron chi connectivity index (χ0n) is 4.46. The highest BCUT2D eigenvalue weighted by molar-refractivity contribution is 5.62. The molecule has 0 spiro atoms. The van der Waals surface area contributed by atoms with E-state index in [0.717, 1.165) is 0 Å². The fraction of sp³-hybridized carbons (Fsp3) is 0.250. The molecule has 1 aromatic carbocycles. The monoisotopic (exact) mass is 140 g/mol. The summed E-state index contributed by atoms with van der Waals surface area (Å²) >= 11 is 0. The molecular formula is C8H16N2. The van der Waals surface area contributed by atoms with Crippen LogP contribution >= 0.6 is 0 Å². The van der Waals surface area contributed by atoms with Crippen LogP contribution in [0.2, 0.25) is 0 Å². The predicted molar refractivity (Wildman–Crippen MR) is 48.7 cm³/mol. The molecule has 0 aliphatic heterocycles. The van der Waals surface area contributed by atoms with E-state index in [0.29, 0.717) is 11.4 Å². The summed E-state index contributed by atoms with van der Waals surface area (Å²) in [5, 5.41) is 0. The van der Waals surface area contributed by atoms with Crippen LogP contribution in [0.15, 0.2) is 24.3 Å². The largest absolute Gasteiger partial charge is 0.397 e. The predicted octanol–water partition coefficient (Wildman–Crippen LogP) is 2.12. The number of nitrogens with two attached hydrogens (primary N) is 2. The maximum Gasteiger partial charge on any atom is 0.0547 e. The van der Waals surface area contributed by atoms with Gasteiger partial charge in [0, 0.05) is 0 Å². The van der Waals surface area contributed by atoms with Crippen molar-refractivity contribution in [1.82, 2.24) is 0 Å². The van der Waals surface area contributed by atoms with E-state index in [1.54, 1.807) is 12.1 Å². The van der Waals surface area contributed by atoms with E-state index in [2.05, 4.69) is 0 Å². The summed E-state index contributed by atoms with van der Waals surface area (Å²) in [6, 6.07) is 7.25. The Morgan fingerprint density at radius 3 is 1.30 bits per heavy atom. The number of benzene rings is 1. The van der Waals surface area contributed by atoms with E-state index >= 15 is 0 Å². The van der Waals surface area contributed by atoms with Gasteiger partial charge in [0.25, 0.3) is 0 Å². The molecule has 0 heterocycles. The van der Waals surface area contributed by atoms with Crippen molar-refractivity contribution in [1.29, 1.82) is 0 Å². The fourth-order valence-electron chi connectivity index (χ4n) is 0.511. The van der Waals surface area contributed by atoms with Crippen molar-refractivity contribution in [2.45, 2.75) is 14.9 Å². The van der Waals surface area contributed by atoms with Crippen LogP contribution < -0.4 is 11.5 Å². The molecule has 0 amide bonds. The van der Waals surface area contributed by atoms with Crippen LogP contribution in [0, 0.1) is 0 Å². The average Bonchev–Trinajstić information content (AvgIpc) is 1.77. The molecule has 0 atom stereocenters. The van der Waals surface area contributed by atoms with Crippen molar-refractivity contribution in [2.24, 2.45) is 0 Å². The number of rotatable bonds is 0. The Kier molecular flexibility index (Phi) is 5.42. The first-order valence-electron chi connectivity index (χ1n) is 2.40. The summed E-state index contributed by atoms with van der Waals surface area (Å²) in [4.78, 5) is 0. The molecule has 0 radical (unpaired) electrons. The molecule has 0 aliphatic rings. The van der Waals surface area contributed by atoms with Crippen LogP contribution in [0.25, 0.3) is 0 Å². The van der Waals surface area contributed by atoms with Gasteiger partial charge in [-0.3, -0.25) is 0 Å². The zero-order chi connectivity index (χ0) is 5.98. The zero-order valence-corrected chi connectivity index (χ0v) is 4.46. The van der Waals surface area contributed by atoms with Gasteiger partial charge in [0.05, 0.1) is 11.4 Å². The Bertz CT molecular complexity index is 163. The Balaban J connectivity index is 0. The normalized spacial score (nSPS) is 7.20. The van der Waals surface area contributed by atoms with Crippen molar-refractivity contribution >= 4 is 11.4 Å². The molecule has 2 heteroatoms. The number of nitrogen functional groups attached to an aromatic ring is 2. The van der Waals surface area contributed by atoms with Crippen LogP contribution in [0.1, 0.15) is 14.9 Å². The minimum atomic E-state index is 0. The summed E-state index contributed by atoms with van der Waals surface area (Å²) in [6.45, 7) is 0. The Morgan fingerprint density at radius 2 is 1.10 bits per heavy atom. The molecule has 58 valence electrons. The smallest absolute Gasteiger partial charge is 0.0547 e. The maximum atomic E-state index is 5.39. The highest BCUT2D eigenvalue weighted by Gasteiger charge is 1.85. The van der Waals surface area contributed by atoms with Gasteiger partial charge in [-0.15, -0.1) is 0 Å². The summed E-state index contributed by atoms with van der Waals surface area (Å²) in [6.07, 6.45) is 0. The van der Waals surface area contributed by atoms with Crippen molar-refractivity contribution in [3.05, 3.63) is 24.3 Å². The van der Waals surface area contributed by atoms with Crippen molar-refractivity contribution in [2.75, 3.05) is 11.5 Å². The van der Waals surface area contributed by atoms with Gasteiger partial charge in [0.1, 0.15) is 0 Å². The minimum Gasteiger partial charge on any atom is -0.397 e. The first kappa shape index (κ1) is 11.6. The third kappa shape index (κ3) is 2.40. The number of hydrogen-bond acceptors (Lipinski definition) is 2. The summed E-state index contributed by atoms with van der Waals surface area (Å²) in [5.74, 6) is 0. The Hall–Kier alpha value is -1.18. The second kappa shape index (κ2) is 4.68. The molecule has 0 bridgehead atoms. The standard InChI is InChI=1S/C6H8N2.2CH4/c7-5-3-1-2-4-6(5)8;;/h1-4H,7-8H2;2*1H4. The Morgan fingerprint density at radius 1 is 0.800 bits per heavy atom. The lowest BCUT2D eigenvalue weighted by atomic mass is 10.3. The van der Waals surface area contributed by atoms with Gasteiger partial charge in [0.15, 0.2) is 0 Å². The summed E-state index contributed by atoms with van der Waals surface area (Å²) in [7, 11) is 0. The third-order valence-corrected chi connectivity index (χ3v) is 0.996.